The molecular weight excluding hydrogens is 817 g/mol. The van der Waals surface area contributed by atoms with Gasteiger partial charge in [0.25, 0.3) is 0 Å². The lowest BCUT2D eigenvalue weighted by Crippen LogP contribution is -2.23. The van der Waals surface area contributed by atoms with E-state index in [4.69, 9.17) is 14.4 Å². The Bertz CT molecular complexity index is 3810. The van der Waals surface area contributed by atoms with Crippen LogP contribution in [-0.2, 0) is 6.42 Å². The molecule has 1 aliphatic carbocycles. The maximum absolute atomic E-state index is 6.75. The number of rotatable bonds is 6. The van der Waals surface area contributed by atoms with Crippen LogP contribution in [-0.4, -0.2) is 19.1 Å². The van der Waals surface area contributed by atoms with Crippen LogP contribution in [0.5, 0.6) is 0 Å². The summed E-state index contributed by atoms with van der Waals surface area (Å²) in [6, 6.07) is 69.4. The van der Waals surface area contributed by atoms with Gasteiger partial charge in [0.05, 0.1) is 22.2 Å². The molecule has 0 amide bonds. The first kappa shape index (κ1) is 39.1. The van der Waals surface area contributed by atoms with E-state index in [0.717, 1.165) is 73.4 Å². The highest BCUT2D eigenvalue weighted by Gasteiger charge is 2.32. The number of hydrogen-bond donors (Lipinski definition) is 0. The molecule has 13 rings (SSSR count). The van der Waals surface area contributed by atoms with Gasteiger partial charge in [-0.1, -0.05) is 166 Å². The van der Waals surface area contributed by atoms with Crippen molar-refractivity contribution in [2.45, 2.75) is 27.2 Å². The molecule has 12 aromatic rings. The Labute approximate surface area is 388 Å². The van der Waals surface area contributed by atoms with Crippen molar-refractivity contribution >= 4 is 60.9 Å². The molecule has 0 radical (unpaired) electrons. The smallest absolute Gasteiger partial charge is 0.180 e. The molecule has 0 saturated carbocycles. The van der Waals surface area contributed by atoms with Crippen LogP contribution in [0.15, 0.2) is 205 Å². The van der Waals surface area contributed by atoms with Gasteiger partial charge < -0.3 is 13.6 Å². The summed E-state index contributed by atoms with van der Waals surface area (Å²) in [5.41, 5.74) is 17.8. The topological polar surface area (TPSA) is 48.8 Å². The summed E-state index contributed by atoms with van der Waals surface area (Å²) >= 11 is 0. The second-order valence-electron chi connectivity index (χ2n) is 19.0. The summed E-state index contributed by atoms with van der Waals surface area (Å²) < 4.78 is 11.7. The quantitative estimate of drug-likeness (QED) is 0.167. The zero-order valence-electron chi connectivity index (χ0n) is 37.6. The average molecular weight is 863 g/mol. The summed E-state index contributed by atoms with van der Waals surface area (Å²) in [4.78, 5) is 10.6. The molecule has 320 valence electrons. The molecule has 67 heavy (non-hydrogen) atoms. The molecule has 0 bridgehead atoms. The third-order valence-corrected chi connectivity index (χ3v) is 14.0. The van der Waals surface area contributed by atoms with Crippen LogP contribution in [0.1, 0.15) is 32.0 Å². The summed E-state index contributed by atoms with van der Waals surface area (Å²) in [6.07, 6.45) is 5.79. The summed E-state index contributed by atoms with van der Waals surface area (Å²) in [7, 11) is 0. The number of nitrogens with zero attached hydrogens (tertiary/aromatic N) is 4. The van der Waals surface area contributed by atoms with Crippen molar-refractivity contribution in [3.8, 4) is 56.3 Å². The van der Waals surface area contributed by atoms with Gasteiger partial charge in [0.15, 0.2) is 11.4 Å². The molecule has 0 N–H and O–H groups in total. The predicted molar refractivity (Wildman–Crippen MR) is 278 cm³/mol. The lowest BCUT2D eigenvalue weighted by molar-refractivity contribution is 0.291. The van der Waals surface area contributed by atoms with Crippen LogP contribution in [0, 0.1) is 11.3 Å². The normalized spacial score (nSPS) is 13.9. The second kappa shape index (κ2) is 15.1. The van der Waals surface area contributed by atoms with Gasteiger partial charge in [-0.3, -0.25) is 0 Å². The van der Waals surface area contributed by atoms with Gasteiger partial charge in [-0.05, 0) is 95.1 Å². The van der Waals surface area contributed by atoms with Crippen molar-refractivity contribution in [3.63, 3.8) is 0 Å². The third kappa shape index (κ3) is 6.30. The van der Waals surface area contributed by atoms with E-state index in [-0.39, 0.29) is 5.41 Å². The summed E-state index contributed by atoms with van der Waals surface area (Å²) in [5, 5.41) is 4.75. The van der Waals surface area contributed by atoms with Gasteiger partial charge >= 0.3 is 0 Å². The van der Waals surface area contributed by atoms with Crippen LogP contribution in [0.2, 0.25) is 0 Å². The number of fused-ring (bicyclic) bond motifs is 9. The molecular formula is C62H46N4O. The van der Waals surface area contributed by atoms with Crippen LogP contribution in [0.3, 0.4) is 0 Å². The fourth-order valence-corrected chi connectivity index (χ4v) is 10.6. The number of hydrogen-bond acceptors (Lipinski definition) is 3. The van der Waals surface area contributed by atoms with Gasteiger partial charge in [-0.25, -0.2) is 9.97 Å². The lowest BCUT2D eigenvalue weighted by Gasteiger charge is -2.31. The van der Waals surface area contributed by atoms with Gasteiger partial charge in [0.2, 0.25) is 0 Å². The highest BCUT2D eigenvalue weighted by molar-refractivity contribution is 6.10. The van der Waals surface area contributed by atoms with Crippen molar-refractivity contribution in [3.05, 3.63) is 211 Å². The lowest BCUT2D eigenvalue weighted by atomic mass is 9.74. The molecule has 4 aromatic heterocycles. The first-order valence-electron chi connectivity index (χ1n) is 23.3. The highest BCUT2D eigenvalue weighted by Crippen LogP contribution is 2.48. The maximum Gasteiger partial charge on any atom is 0.180 e. The first-order valence-corrected chi connectivity index (χ1v) is 23.3. The number of furan rings is 1. The summed E-state index contributed by atoms with van der Waals surface area (Å²) in [5.74, 6) is 1.02. The second-order valence-corrected chi connectivity index (χ2v) is 19.0. The van der Waals surface area contributed by atoms with E-state index in [1.54, 1.807) is 0 Å². The van der Waals surface area contributed by atoms with E-state index in [9.17, 15) is 0 Å². The minimum Gasteiger partial charge on any atom is -0.452 e. The Balaban J connectivity index is 1.14. The molecule has 5 nitrogen and oxygen atoms in total. The molecule has 1 aliphatic rings. The van der Waals surface area contributed by atoms with E-state index in [2.05, 4.69) is 200 Å². The molecule has 0 fully saturated rings. The number of aromatic nitrogens is 4. The molecule has 0 aliphatic heterocycles. The Morgan fingerprint density at radius 3 is 1.69 bits per heavy atom. The van der Waals surface area contributed by atoms with Crippen molar-refractivity contribution < 1.29 is 4.42 Å². The molecule has 1 unspecified atom stereocenters. The fourth-order valence-electron chi connectivity index (χ4n) is 10.6. The van der Waals surface area contributed by atoms with Crippen LogP contribution in [0.4, 0.5) is 0 Å². The molecule has 1 atom stereocenters. The highest BCUT2D eigenvalue weighted by atomic mass is 16.3. The Morgan fingerprint density at radius 1 is 0.507 bits per heavy atom. The monoisotopic (exact) mass is 862 g/mol. The van der Waals surface area contributed by atoms with E-state index in [1.165, 1.54) is 44.0 Å². The van der Waals surface area contributed by atoms with Crippen molar-refractivity contribution in [2.75, 3.05) is 0 Å². The standard InChI is InChI=1S/C62H46N4O/c1-62(2,3)43-31-33-54-50(37-43)51-38-44(65-52-28-16-13-25-45(52)46-26-14-17-29-53(46)65)32-34-55(51)66(54)59-48(39-19-7-4-8-20-39)35-42(36-49(59)40-21-9-5-10-22-40)57-60-58(47-27-15-18-30-56(47)67-60)64-61(63-57)41-23-11-6-12-24-41/h4-36,38,43H,37H2,1-3H3. The number of para-hydroxylation sites is 3. The Hall–Kier alpha value is -8.28. The number of benzene rings is 8. The molecule has 4 heterocycles. The first-order chi connectivity index (χ1) is 32.9. The summed E-state index contributed by atoms with van der Waals surface area (Å²) in [6.45, 7) is 7.10. The molecule has 8 aromatic carbocycles. The zero-order chi connectivity index (χ0) is 44.8. The van der Waals surface area contributed by atoms with Gasteiger partial charge in [-0.2, -0.15) is 0 Å². The maximum atomic E-state index is 6.75. The molecule has 0 spiro atoms. The largest absolute Gasteiger partial charge is 0.452 e. The Morgan fingerprint density at radius 2 is 1.06 bits per heavy atom. The number of allylic oxidation sites excluding steroid dienone is 1. The minimum atomic E-state index is 0.0806. The SMILES string of the molecule is CC(C)(C)C1C=Cc2c(c3cc(-n4c5ccccc5c5ccccc54)ccc3n2-c2c(-c3ccccc3)cc(-c3nc(-c4ccccc4)nc4c3oc3ccccc34)cc2-c2ccccc2)C1. The third-order valence-electron chi connectivity index (χ3n) is 14.0. The van der Waals surface area contributed by atoms with Crippen molar-refractivity contribution in [1.29, 1.82) is 0 Å². The van der Waals surface area contributed by atoms with Gasteiger partial charge in [-0.15, -0.1) is 0 Å². The Kier molecular flexibility index (Phi) is 8.84. The van der Waals surface area contributed by atoms with Gasteiger partial charge in [0, 0.05) is 55.2 Å². The van der Waals surface area contributed by atoms with Crippen LogP contribution < -0.4 is 0 Å². The zero-order valence-corrected chi connectivity index (χ0v) is 37.6. The average Bonchev–Trinajstić information content (AvgIpc) is 4.03. The molecule has 0 saturated heterocycles. The van der Waals surface area contributed by atoms with Gasteiger partial charge in [0.1, 0.15) is 16.8 Å². The minimum absolute atomic E-state index is 0.0806. The van der Waals surface area contributed by atoms with E-state index >= 15 is 0 Å². The van der Waals surface area contributed by atoms with E-state index in [1.807, 2.05) is 36.4 Å². The van der Waals surface area contributed by atoms with E-state index in [0.29, 0.717) is 17.3 Å². The van der Waals surface area contributed by atoms with Crippen LogP contribution >= 0.6 is 0 Å². The predicted octanol–water partition coefficient (Wildman–Crippen LogP) is 16.3. The van der Waals surface area contributed by atoms with Crippen molar-refractivity contribution in [1.82, 2.24) is 19.1 Å². The fraction of sp³-hybridized carbons (Fsp3) is 0.0968. The van der Waals surface area contributed by atoms with Crippen molar-refractivity contribution in [2.24, 2.45) is 11.3 Å². The molecule has 5 heteroatoms. The van der Waals surface area contributed by atoms with E-state index < -0.39 is 0 Å². The van der Waals surface area contributed by atoms with Crippen LogP contribution in [0.25, 0.3) is 117 Å².